The van der Waals surface area contributed by atoms with Crippen LogP contribution in [0.3, 0.4) is 0 Å². The fourth-order valence-electron chi connectivity index (χ4n) is 0. The van der Waals surface area contributed by atoms with E-state index in [0.717, 1.165) is 0 Å². The summed E-state index contributed by atoms with van der Waals surface area (Å²) in [7, 11) is 0. The maximum atomic E-state index is 9.55. The van der Waals surface area contributed by atoms with Gasteiger partial charge in [-0.25, -0.2) is 0 Å². The number of hydrogen-bond donors (Lipinski definition) is 2. The van der Waals surface area contributed by atoms with Crippen LogP contribution in [0, 0.1) is 0 Å². The van der Waals surface area contributed by atoms with Crippen LogP contribution in [0.2, 0.25) is 1.41 Å². The van der Waals surface area contributed by atoms with Crippen molar-refractivity contribution in [3.05, 3.63) is 0 Å². The van der Waals surface area contributed by atoms with Gasteiger partial charge in [-0.1, -0.05) is 7.43 Å². The second-order valence-corrected chi connectivity index (χ2v) is 0.925. The molecule has 0 aliphatic carbocycles. The van der Waals surface area contributed by atoms with Crippen molar-refractivity contribution in [2.24, 2.45) is 5.73 Å². The molecule has 0 aromatic carbocycles. The summed E-state index contributed by atoms with van der Waals surface area (Å²) in [5.74, 6) is 0. The normalized spacial score (nSPS) is 11.9. The average molecular weight is 108 g/mol. The molecule has 0 aliphatic heterocycles. The molecule has 7 heavy (non-hydrogen) atoms. The first-order valence-corrected chi connectivity index (χ1v) is 1.44. The van der Waals surface area contributed by atoms with Crippen LogP contribution in [0.5, 0.6) is 0 Å². The molecule has 1 atom stereocenters. The quantitative estimate of drug-likeness (QED) is 0.506. The highest BCUT2D eigenvalue weighted by Crippen LogP contribution is 1.55. The Balaban J connectivity index is -0.000000125. The van der Waals surface area contributed by atoms with Gasteiger partial charge in [-0.15, -0.1) is 0 Å². The van der Waals surface area contributed by atoms with Gasteiger partial charge in [0.1, 0.15) is 7.70 Å². The lowest BCUT2D eigenvalue weighted by molar-refractivity contribution is -0.108. The van der Waals surface area contributed by atoms with E-state index in [4.69, 9.17) is 1.41 Å². The number of carbonyl (C=O) groups is 1. The number of carbonyl (C=O) groups excluding carboxylic acids is 1. The maximum absolute atomic E-state index is 9.55. The largest absolute Gasteiger partial charge is 0.369 e. The van der Waals surface area contributed by atoms with E-state index in [-0.39, 0.29) is 19.6 Å². The van der Waals surface area contributed by atoms with E-state index in [9.17, 15) is 4.79 Å². The van der Waals surface area contributed by atoms with E-state index in [2.05, 4.69) is 0 Å². The van der Waals surface area contributed by atoms with Crippen LogP contribution in [-0.2, 0) is 4.79 Å². The predicted molar refractivity (Wildman–Crippen MR) is 32.4 cm³/mol. The molecule has 0 bridgehead atoms. The lowest BCUT2D eigenvalue weighted by Gasteiger charge is -1.80. The Morgan fingerprint density at radius 2 is 2.43 bits per heavy atom. The molecule has 3 heteroatoms. The van der Waals surface area contributed by atoms with E-state index < -0.39 is 0 Å². The molecular formula is C4H15N2O+. The minimum absolute atomic E-state index is 0. The van der Waals surface area contributed by atoms with Crippen molar-refractivity contribution in [1.82, 2.24) is 6.15 Å². The summed E-state index contributed by atoms with van der Waals surface area (Å²) in [6.07, 6.45) is 0.674. The van der Waals surface area contributed by atoms with Crippen LogP contribution < -0.4 is 11.9 Å². The molecule has 0 aromatic heterocycles. The highest BCUT2D eigenvalue weighted by Gasteiger charge is 1.79. The third kappa shape index (κ3) is 28.5. The van der Waals surface area contributed by atoms with Gasteiger partial charge in [-0.05, 0) is 6.92 Å². The summed E-state index contributed by atoms with van der Waals surface area (Å²) in [5.41, 5.74) is 2.00. The van der Waals surface area contributed by atoms with E-state index in [0.29, 0.717) is 6.29 Å². The Morgan fingerprint density at radius 3 is 2.43 bits per heavy atom. The van der Waals surface area contributed by atoms with E-state index >= 15 is 0 Å². The SMILES string of the molecule is C.[2H]N[C@H](C)C=O.[NH4+]. The van der Waals surface area contributed by atoms with Gasteiger partial charge < -0.3 is 16.7 Å². The zero-order valence-electron chi connectivity index (χ0n) is 5.06. The van der Waals surface area contributed by atoms with Gasteiger partial charge in [0.15, 0.2) is 0 Å². The molecule has 3 nitrogen and oxygen atoms in total. The second kappa shape index (κ2) is 9.14. The fraction of sp³-hybridized carbons (Fsp3) is 0.750. The maximum Gasteiger partial charge on any atom is 0.136 e. The van der Waals surface area contributed by atoms with Crippen molar-refractivity contribution < 1.29 is 6.21 Å². The van der Waals surface area contributed by atoms with Crippen LogP contribution in [0.4, 0.5) is 0 Å². The standard InChI is InChI=1S/C3H7NO.CH4.H3N/c1-3(4)2-5;;/h2-3H,4H2,1H3;1H4;1H3/p+1/t3-;;/m1../s1/i/hD. The first-order chi connectivity index (χ1) is 2.81. The number of nitrogens with two attached hydrogens (primary N) is 1. The van der Waals surface area contributed by atoms with Crippen molar-refractivity contribution in [2.75, 3.05) is 0 Å². The van der Waals surface area contributed by atoms with Gasteiger partial charge in [-0.2, -0.15) is 0 Å². The molecule has 0 rings (SSSR count). The summed E-state index contributed by atoms with van der Waals surface area (Å²) < 4.78 is 6.33. The lowest BCUT2D eigenvalue weighted by atomic mass is 10.4. The van der Waals surface area contributed by atoms with Crippen LogP contribution in [0.15, 0.2) is 0 Å². The third-order valence-corrected chi connectivity index (χ3v) is 0.204. The molecule has 0 saturated carbocycles. The number of rotatable bonds is 2. The zero-order valence-corrected chi connectivity index (χ0v) is 4.06. The fourth-order valence-corrected chi connectivity index (χ4v) is 0. The Bertz CT molecular complexity index is 51.3. The molecular weight excluding hydrogens is 92.1 g/mol. The Hall–Kier alpha value is -0.410. The van der Waals surface area contributed by atoms with E-state index in [1.807, 2.05) is 5.73 Å². The van der Waals surface area contributed by atoms with Gasteiger partial charge in [0.2, 0.25) is 0 Å². The highest BCUT2D eigenvalue weighted by atomic mass is 16.1. The zero-order chi connectivity index (χ0) is 4.99. The number of aldehydes is 1. The molecule has 6 N–H and O–H groups in total. The second-order valence-electron chi connectivity index (χ2n) is 0.925. The topological polar surface area (TPSA) is 79.6 Å². The highest BCUT2D eigenvalue weighted by molar-refractivity contribution is 5.55. The molecule has 0 unspecified atom stereocenters. The molecule has 0 fully saturated rings. The minimum Gasteiger partial charge on any atom is -0.369 e. The van der Waals surface area contributed by atoms with Crippen LogP contribution in [0.25, 0.3) is 0 Å². The molecule has 0 radical (unpaired) electrons. The van der Waals surface area contributed by atoms with E-state index in [1.165, 1.54) is 0 Å². The molecule has 0 spiro atoms. The van der Waals surface area contributed by atoms with Crippen molar-refractivity contribution in [3.63, 3.8) is 0 Å². The van der Waals surface area contributed by atoms with Crippen LogP contribution in [0.1, 0.15) is 14.4 Å². The first kappa shape index (κ1) is 9.77. The van der Waals surface area contributed by atoms with Crippen molar-refractivity contribution in [3.8, 4) is 0 Å². The van der Waals surface area contributed by atoms with Gasteiger partial charge >= 0.3 is 0 Å². The van der Waals surface area contributed by atoms with Gasteiger partial charge in [0.05, 0.1) is 6.04 Å². The van der Waals surface area contributed by atoms with Crippen molar-refractivity contribution in [2.45, 2.75) is 20.4 Å². The number of hydrogen-bond acceptors (Lipinski definition) is 2. The molecule has 46 valence electrons. The first-order valence-electron chi connectivity index (χ1n) is 1.94. The molecule has 0 heterocycles. The monoisotopic (exact) mass is 108 g/mol. The summed E-state index contributed by atoms with van der Waals surface area (Å²) >= 11 is 0. The summed E-state index contributed by atoms with van der Waals surface area (Å²) in [6, 6.07) is -0.329. The average Bonchev–Trinajstić information content (AvgIpc) is 1.65. The van der Waals surface area contributed by atoms with Crippen LogP contribution in [-0.4, -0.2) is 12.3 Å². The van der Waals surface area contributed by atoms with Crippen LogP contribution >= 0.6 is 0 Å². The van der Waals surface area contributed by atoms with E-state index in [1.54, 1.807) is 6.92 Å². The van der Waals surface area contributed by atoms with Gasteiger partial charge in [0, 0.05) is 0 Å². The molecule has 0 saturated heterocycles. The smallest absolute Gasteiger partial charge is 0.136 e. The Morgan fingerprint density at radius 1 is 2.00 bits per heavy atom. The third-order valence-electron chi connectivity index (χ3n) is 0.204. The Labute approximate surface area is 45.9 Å². The predicted octanol–water partition coefficient (Wildman–Crippen LogP) is 0.545. The summed E-state index contributed by atoms with van der Waals surface area (Å²) in [6.45, 7) is 1.61. The summed E-state index contributed by atoms with van der Waals surface area (Å²) in [4.78, 5) is 9.55. The number of quaternary nitrogens is 1. The summed E-state index contributed by atoms with van der Waals surface area (Å²) in [5, 5.41) is 0. The molecule has 0 amide bonds. The molecule has 0 aliphatic rings. The van der Waals surface area contributed by atoms with Crippen molar-refractivity contribution in [1.29, 1.82) is 0 Å². The van der Waals surface area contributed by atoms with Gasteiger partial charge in [-0.3, -0.25) is 0 Å². The van der Waals surface area contributed by atoms with Gasteiger partial charge in [0.25, 0.3) is 0 Å². The minimum atomic E-state index is -0.329. The Kier molecular flexibility index (Phi) is 12.8. The lowest BCUT2D eigenvalue weighted by Crippen LogP contribution is -2.15. The van der Waals surface area contributed by atoms with Crippen molar-refractivity contribution >= 4 is 6.29 Å². The molecule has 0 aromatic rings.